The minimum absolute atomic E-state index is 0.162. The number of halogens is 1. The van der Waals surface area contributed by atoms with Crippen LogP contribution in [0.3, 0.4) is 0 Å². The van der Waals surface area contributed by atoms with Gasteiger partial charge in [0, 0.05) is 41.5 Å². The molecule has 1 saturated carbocycles. The molecule has 4 aromatic rings. The number of carboxylic acid groups (broad SMARTS) is 1. The predicted octanol–water partition coefficient (Wildman–Crippen LogP) is 4.51. The van der Waals surface area contributed by atoms with E-state index in [9.17, 15) is 9.18 Å². The molecule has 36 heavy (non-hydrogen) atoms. The van der Waals surface area contributed by atoms with E-state index in [1.807, 2.05) is 25.5 Å². The Hall–Kier alpha value is -4.28. The summed E-state index contributed by atoms with van der Waals surface area (Å²) < 4.78 is 17.1. The Morgan fingerprint density at radius 3 is 2.58 bits per heavy atom. The van der Waals surface area contributed by atoms with Crippen molar-refractivity contribution in [1.82, 2.24) is 34.8 Å². The summed E-state index contributed by atoms with van der Waals surface area (Å²) in [5, 5.41) is 24.2. The third-order valence-corrected chi connectivity index (χ3v) is 6.41. The van der Waals surface area contributed by atoms with Crippen LogP contribution in [0.15, 0.2) is 36.7 Å². The number of amides is 1. The molecule has 1 fully saturated rings. The van der Waals surface area contributed by atoms with E-state index in [2.05, 4.69) is 25.7 Å². The molecule has 1 aliphatic rings. The van der Waals surface area contributed by atoms with Gasteiger partial charge < -0.3 is 15.7 Å². The van der Waals surface area contributed by atoms with Crippen LogP contribution in [0.5, 0.6) is 0 Å². The number of aromatic nitrogens is 6. The quantitative estimate of drug-likeness (QED) is 0.332. The van der Waals surface area contributed by atoms with Crippen molar-refractivity contribution < 1.29 is 14.3 Å². The topological polar surface area (TPSA) is 123 Å². The first-order chi connectivity index (χ1) is 17.3. The minimum atomic E-state index is -1.09. The highest BCUT2D eigenvalue weighted by molar-refractivity contribution is 5.71. The zero-order chi connectivity index (χ0) is 25.4. The summed E-state index contributed by atoms with van der Waals surface area (Å²) in [4.78, 5) is 19.7. The molecule has 0 unspecified atom stereocenters. The smallest absolute Gasteiger partial charge is 0.404 e. The van der Waals surface area contributed by atoms with Crippen LogP contribution in [0, 0.1) is 32.5 Å². The number of aryl methyl sites for hydroxylation is 1. The van der Waals surface area contributed by atoms with Crippen LogP contribution in [0.2, 0.25) is 0 Å². The van der Waals surface area contributed by atoms with Gasteiger partial charge in [0.05, 0.1) is 11.4 Å². The Kier molecular flexibility index (Phi) is 6.13. The third kappa shape index (κ3) is 4.77. The number of nitrogens with one attached hydrogen (secondary N) is 2. The Balaban J connectivity index is 1.47. The summed E-state index contributed by atoms with van der Waals surface area (Å²) in [5.74, 6) is 2.26. The first-order valence-corrected chi connectivity index (χ1v) is 11.7. The average Bonchev–Trinajstić information content (AvgIpc) is 3.56. The molecule has 0 radical (unpaired) electrons. The van der Waals surface area contributed by atoms with E-state index < -0.39 is 6.09 Å². The number of carbonyl (C=O) groups is 1. The van der Waals surface area contributed by atoms with Crippen molar-refractivity contribution in [1.29, 1.82) is 0 Å². The molecule has 1 aliphatic carbocycles. The highest BCUT2D eigenvalue weighted by Gasteiger charge is 2.26. The maximum atomic E-state index is 13.5. The fraction of sp³-hybridized carbons (Fsp3) is 0.320. The van der Waals surface area contributed by atoms with Crippen LogP contribution in [-0.4, -0.2) is 40.7 Å². The molecule has 10 nitrogen and oxygen atoms in total. The normalized spacial score (nSPS) is 13.1. The zero-order valence-electron chi connectivity index (χ0n) is 20.3. The maximum Gasteiger partial charge on any atom is 0.404 e. The van der Waals surface area contributed by atoms with Crippen molar-refractivity contribution in [2.24, 2.45) is 5.92 Å². The van der Waals surface area contributed by atoms with Gasteiger partial charge in [0.25, 0.3) is 0 Å². The van der Waals surface area contributed by atoms with Crippen molar-refractivity contribution in [3.05, 3.63) is 65.0 Å². The van der Waals surface area contributed by atoms with Gasteiger partial charge in [0.2, 0.25) is 0 Å². The largest absolute Gasteiger partial charge is 0.465 e. The fourth-order valence-electron chi connectivity index (χ4n) is 4.24. The standard InChI is InChI=1S/C25H27FN8O2/c1-14-23(18-6-8-19(26)9-7-18)32-33(12-17-4-5-17)24(14)30-21-10-22(29-13-28-21)34-16(3)20(15(2)31-34)11-27-25(35)36/h6-10,13,17,27H,4-5,11-12H2,1-3H3,(H,35,36)(H,28,29,30). The van der Waals surface area contributed by atoms with E-state index >= 15 is 0 Å². The number of hydrogen-bond donors (Lipinski definition) is 3. The molecule has 1 amide bonds. The lowest BCUT2D eigenvalue weighted by molar-refractivity contribution is 0.194. The summed E-state index contributed by atoms with van der Waals surface area (Å²) in [6, 6.07) is 8.14. The zero-order valence-corrected chi connectivity index (χ0v) is 20.3. The van der Waals surface area contributed by atoms with Gasteiger partial charge in [-0.3, -0.25) is 0 Å². The highest BCUT2D eigenvalue weighted by atomic mass is 19.1. The van der Waals surface area contributed by atoms with E-state index in [0.29, 0.717) is 17.6 Å². The number of anilines is 2. The number of hydrogen-bond acceptors (Lipinski definition) is 6. The van der Waals surface area contributed by atoms with Crippen LogP contribution in [0.4, 0.5) is 20.8 Å². The van der Waals surface area contributed by atoms with E-state index in [1.165, 1.54) is 31.3 Å². The van der Waals surface area contributed by atoms with Crippen molar-refractivity contribution in [2.75, 3.05) is 5.32 Å². The second-order valence-corrected chi connectivity index (χ2v) is 9.06. The lowest BCUT2D eigenvalue weighted by atomic mass is 10.1. The van der Waals surface area contributed by atoms with Gasteiger partial charge in [0.15, 0.2) is 5.82 Å². The Morgan fingerprint density at radius 2 is 1.89 bits per heavy atom. The molecule has 186 valence electrons. The van der Waals surface area contributed by atoms with Gasteiger partial charge in [0.1, 0.15) is 23.8 Å². The molecule has 3 N–H and O–H groups in total. The summed E-state index contributed by atoms with van der Waals surface area (Å²) >= 11 is 0. The van der Waals surface area contributed by atoms with Gasteiger partial charge >= 0.3 is 6.09 Å². The second-order valence-electron chi connectivity index (χ2n) is 9.06. The SMILES string of the molecule is Cc1nn(-c2cc(Nc3c(C)c(-c4ccc(F)cc4)nn3CC3CC3)ncn2)c(C)c1CNC(=O)O. The summed E-state index contributed by atoms with van der Waals surface area (Å²) in [5.41, 5.74) is 4.89. The van der Waals surface area contributed by atoms with Crippen molar-refractivity contribution in [2.45, 2.75) is 46.7 Å². The summed E-state index contributed by atoms with van der Waals surface area (Å²) in [6.45, 7) is 6.65. The van der Waals surface area contributed by atoms with Crippen molar-refractivity contribution in [3.63, 3.8) is 0 Å². The van der Waals surface area contributed by atoms with E-state index in [0.717, 1.165) is 46.1 Å². The molecular weight excluding hydrogens is 463 g/mol. The Bertz CT molecular complexity index is 1420. The Morgan fingerprint density at radius 1 is 1.14 bits per heavy atom. The maximum absolute atomic E-state index is 13.5. The molecule has 3 aromatic heterocycles. The van der Waals surface area contributed by atoms with Crippen LogP contribution < -0.4 is 10.6 Å². The molecular formula is C25H27FN8O2. The first-order valence-electron chi connectivity index (χ1n) is 11.7. The monoisotopic (exact) mass is 490 g/mol. The molecule has 11 heteroatoms. The van der Waals surface area contributed by atoms with E-state index in [4.69, 9.17) is 10.2 Å². The molecule has 5 rings (SSSR count). The molecule has 0 aliphatic heterocycles. The van der Waals surface area contributed by atoms with Crippen molar-refractivity contribution in [3.8, 4) is 17.1 Å². The van der Waals surface area contributed by atoms with Crippen LogP contribution >= 0.6 is 0 Å². The van der Waals surface area contributed by atoms with Crippen molar-refractivity contribution >= 4 is 17.7 Å². The lowest BCUT2D eigenvalue weighted by Gasteiger charge is -2.11. The van der Waals surface area contributed by atoms with E-state index in [1.54, 1.807) is 22.9 Å². The Labute approximate surface area is 207 Å². The van der Waals surface area contributed by atoms with Gasteiger partial charge in [-0.25, -0.2) is 28.5 Å². The number of nitrogens with zero attached hydrogens (tertiary/aromatic N) is 6. The number of rotatable bonds is 8. The van der Waals surface area contributed by atoms with Gasteiger partial charge in [-0.05, 0) is 63.8 Å². The third-order valence-electron chi connectivity index (χ3n) is 6.41. The van der Waals surface area contributed by atoms with Gasteiger partial charge in [-0.2, -0.15) is 10.2 Å². The molecule has 3 heterocycles. The average molecular weight is 491 g/mol. The first kappa shape index (κ1) is 23.5. The van der Waals surface area contributed by atoms with E-state index in [-0.39, 0.29) is 12.4 Å². The highest BCUT2D eigenvalue weighted by Crippen LogP contribution is 2.35. The molecule has 1 aromatic carbocycles. The summed E-state index contributed by atoms with van der Waals surface area (Å²) in [7, 11) is 0. The van der Waals surface area contributed by atoms with Crippen LogP contribution in [0.25, 0.3) is 17.1 Å². The van der Waals surface area contributed by atoms with Gasteiger partial charge in [-0.15, -0.1) is 0 Å². The second kappa shape index (κ2) is 9.40. The molecule has 0 atom stereocenters. The molecule has 0 spiro atoms. The number of benzene rings is 1. The van der Waals surface area contributed by atoms with Crippen LogP contribution in [0.1, 0.15) is 35.4 Å². The predicted molar refractivity (Wildman–Crippen MR) is 132 cm³/mol. The lowest BCUT2D eigenvalue weighted by Crippen LogP contribution is -2.20. The molecule has 0 saturated heterocycles. The summed E-state index contributed by atoms with van der Waals surface area (Å²) in [6.07, 6.45) is 2.73. The minimum Gasteiger partial charge on any atom is -0.465 e. The van der Waals surface area contributed by atoms with Crippen LogP contribution in [-0.2, 0) is 13.1 Å². The van der Waals surface area contributed by atoms with Gasteiger partial charge in [-0.1, -0.05) is 0 Å². The molecule has 0 bridgehead atoms. The fourth-order valence-corrected chi connectivity index (χ4v) is 4.24.